The quantitative estimate of drug-likeness (QED) is 0.0341. The Morgan fingerprint density at radius 3 is 1.92 bits per heavy atom. The largest absolute Gasteiger partial charge is 0.448 e. The Balaban J connectivity index is 0.976. The predicted octanol–water partition coefficient (Wildman–Crippen LogP) is 8.36. The van der Waals surface area contributed by atoms with Crippen LogP contribution in [0.2, 0.25) is 0 Å². The summed E-state index contributed by atoms with van der Waals surface area (Å²) >= 11 is 4.36. The van der Waals surface area contributed by atoms with Gasteiger partial charge in [-0.1, -0.05) is 157 Å². The summed E-state index contributed by atoms with van der Waals surface area (Å²) in [5.74, 6) is -1.24. The number of anilines is 1. The van der Waals surface area contributed by atoms with Gasteiger partial charge in [0.05, 0.1) is 6.61 Å². The number of fused-ring (bicyclic) bond motifs is 1. The molecule has 0 bridgehead atoms. The Morgan fingerprint density at radius 2 is 1.40 bits per heavy atom. The monoisotopic (exact) mass is 893 g/mol. The summed E-state index contributed by atoms with van der Waals surface area (Å²) in [6.45, 7) is 1.19. The molecule has 2 fully saturated rings. The van der Waals surface area contributed by atoms with Gasteiger partial charge in [0.25, 0.3) is 11.8 Å². The van der Waals surface area contributed by atoms with Gasteiger partial charge in [-0.15, -0.1) is 34.9 Å². The van der Waals surface area contributed by atoms with E-state index in [1.165, 1.54) is 35.1 Å². The van der Waals surface area contributed by atoms with Crippen molar-refractivity contribution in [2.24, 2.45) is 5.16 Å². The van der Waals surface area contributed by atoms with Crippen molar-refractivity contribution in [1.82, 2.24) is 15.2 Å². The number of nitrogens with one attached hydrogen (secondary N) is 2. The molecule has 9 rings (SSSR count). The third kappa shape index (κ3) is 8.63. The molecule has 2 N–H and O–H groups in total. The van der Waals surface area contributed by atoms with Crippen LogP contribution < -0.4 is 10.6 Å². The smallest absolute Gasteiger partial charge is 0.356 e. The van der Waals surface area contributed by atoms with Crippen LogP contribution >= 0.6 is 34.9 Å². The molecular formula is C49H43N5O6S3. The molecule has 0 radical (unpaired) electrons. The third-order valence-electron chi connectivity index (χ3n) is 11.1. The van der Waals surface area contributed by atoms with E-state index in [0.29, 0.717) is 24.1 Å². The van der Waals surface area contributed by atoms with E-state index in [4.69, 9.17) is 19.3 Å². The molecule has 5 aromatic carbocycles. The molecule has 0 spiro atoms. The highest BCUT2D eigenvalue weighted by Crippen LogP contribution is 2.46. The van der Waals surface area contributed by atoms with Gasteiger partial charge in [0.2, 0.25) is 0 Å². The number of nitrogens with zero attached hydrogens (tertiary/aromatic N) is 3. The zero-order chi connectivity index (χ0) is 43.2. The summed E-state index contributed by atoms with van der Waals surface area (Å²) in [6, 6.07) is 48.5. The van der Waals surface area contributed by atoms with Crippen LogP contribution in [0.3, 0.4) is 0 Å². The number of β-lactam (4-membered cyclic amide) rings is 1. The number of rotatable bonds is 15. The molecule has 14 heteroatoms. The van der Waals surface area contributed by atoms with Crippen LogP contribution in [0.5, 0.6) is 0 Å². The topological polar surface area (TPSA) is 131 Å². The van der Waals surface area contributed by atoms with Crippen molar-refractivity contribution in [1.29, 1.82) is 0 Å². The minimum atomic E-state index is -0.953. The van der Waals surface area contributed by atoms with Crippen molar-refractivity contribution in [2.45, 2.75) is 34.7 Å². The van der Waals surface area contributed by atoms with Crippen molar-refractivity contribution in [3.8, 4) is 0 Å². The molecule has 6 aromatic rings. The number of esters is 1. The summed E-state index contributed by atoms with van der Waals surface area (Å²) in [6.07, 6.45) is 0.117. The molecule has 1 aromatic heterocycles. The van der Waals surface area contributed by atoms with Crippen molar-refractivity contribution in [3.63, 3.8) is 0 Å². The lowest BCUT2D eigenvalue weighted by Gasteiger charge is -2.49. The zero-order valence-electron chi connectivity index (χ0n) is 34.2. The van der Waals surface area contributed by atoms with Gasteiger partial charge in [0.15, 0.2) is 16.9 Å². The van der Waals surface area contributed by atoms with E-state index in [1.54, 1.807) is 17.1 Å². The number of oxime groups is 1. The summed E-state index contributed by atoms with van der Waals surface area (Å²) in [4.78, 5) is 55.3. The molecule has 0 aliphatic carbocycles. The van der Waals surface area contributed by atoms with Gasteiger partial charge in [0, 0.05) is 27.9 Å². The molecule has 3 atom stereocenters. The highest BCUT2D eigenvalue weighted by molar-refractivity contribution is 8.06. The van der Waals surface area contributed by atoms with Crippen molar-refractivity contribution in [3.05, 3.63) is 201 Å². The maximum absolute atomic E-state index is 14.5. The molecule has 2 saturated heterocycles. The Hall–Kier alpha value is -6.19. The number of carbonyl (C=O) groups excluding carboxylic acids is 3. The van der Waals surface area contributed by atoms with E-state index in [-0.39, 0.29) is 22.4 Å². The standard InChI is InChI=1S/C49H43N5O6S3/c1-58-53-40(38-30-62-48(50-38)52-49(34-21-11-4-12-22-34,35-23-13-5-14-24-35)36-25-15-6-16-26-36)44(55)51-41-45(56)54-42(39(31-61-46(41)54)63-37-27-28-59-29-37)47(57)60-43(32-17-7-2-8-18-32)33-19-9-3-10-20-33/h2-26,30,37,41,43,46H,27-29,31H2,1H3,(H,50,52)(H,51,55)/b53-40-/t37?,41?,46-/m1/s1. The highest BCUT2D eigenvalue weighted by atomic mass is 32.2. The van der Waals surface area contributed by atoms with Gasteiger partial charge in [-0.2, -0.15) is 0 Å². The first-order chi connectivity index (χ1) is 30.9. The second kappa shape index (κ2) is 19.1. The number of amides is 2. The minimum Gasteiger partial charge on any atom is -0.448 e. The lowest BCUT2D eigenvalue weighted by atomic mass is 9.77. The van der Waals surface area contributed by atoms with Gasteiger partial charge in [0.1, 0.15) is 35.5 Å². The predicted molar refractivity (Wildman–Crippen MR) is 248 cm³/mol. The van der Waals surface area contributed by atoms with Crippen LogP contribution in [-0.2, 0) is 34.2 Å². The second-order valence-corrected chi connectivity index (χ2v) is 18.3. The van der Waals surface area contributed by atoms with Crippen molar-refractivity contribution < 1.29 is 28.7 Å². The van der Waals surface area contributed by atoms with Crippen LogP contribution in [0.4, 0.5) is 5.13 Å². The summed E-state index contributed by atoms with van der Waals surface area (Å²) in [5, 5.41) is 12.6. The van der Waals surface area contributed by atoms with E-state index in [1.807, 2.05) is 115 Å². The fourth-order valence-electron chi connectivity index (χ4n) is 8.11. The third-order valence-corrected chi connectivity index (χ3v) is 14.6. The van der Waals surface area contributed by atoms with Gasteiger partial charge < -0.3 is 24.9 Å². The molecule has 2 unspecified atom stereocenters. The van der Waals surface area contributed by atoms with Crippen LogP contribution in [0, 0.1) is 0 Å². The van der Waals surface area contributed by atoms with Crippen molar-refractivity contribution in [2.75, 3.05) is 31.4 Å². The molecule has 2 amide bonds. The first kappa shape index (κ1) is 42.1. The first-order valence-corrected chi connectivity index (χ1v) is 23.3. The molecule has 4 heterocycles. The lowest BCUT2D eigenvalue weighted by molar-refractivity contribution is -0.154. The van der Waals surface area contributed by atoms with E-state index in [0.717, 1.165) is 39.1 Å². The van der Waals surface area contributed by atoms with E-state index in [9.17, 15) is 14.4 Å². The summed E-state index contributed by atoms with van der Waals surface area (Å²) in [7, 11) is 1.35. The number of aromatic nitrogens is 1. The molecule has 11 nitrogen and oxygen atoms in total. The van der Waals surface area contributed by atoms with E-state index in [2.05, 4.69) is 52.2 Å². The fourth-order valence-corrected chi connectivity index (χ4v) is 11.6. The second-order valence-electron chi connectivity index (χ2n) is 15.0. The maximum atomic E-state index is 14.5. The highest BCUT2D eigenvalue weighted by Gasteiger charge is 2.55. The van der Waals surface area contributed by atoms with Gasteiger partial charge >= 0.3 is 5.97 Å². The maximum Gasteiger partial charge on any atom is 0.356 e. The number of thioether (sulfide) groups is 2. The molecule has 0 saturated carbocycles. The Bertz CT molecular complexity index is 2470. The lowest BCUT2D eigenvalue weighted by Crippen LogP contribution is -2.71. The molecular weight excluding hydrogens is 851 g/mol. The summed E-state index contributed by atoms with van der Waals surface area (Å²) in [5.41, 5.74) is 4.09. The average molecular weight is 894 g/mol. The molecule has 3 aliphatic heterocycles. The summed E-state index contributed by atoms with van der Waals surface area (Å²) < 4.78 is 12.0. The Kier molecular flexibility index (Phi) is 12.7. The average Bonchev–Trinajstić information content (AvgIpc) is 4.04. The Morgan fingerprint density at radius 1 is 0.841 bits per heavy atom. The SMILES string of the molecule is CO/N=C(\C(=O)NC1C(=O)N2C(C(=O)OC(c3ccccc3)c3ccccc3)=C(SC3CCOC3)CS[C@H]12)c1csc(NC(c2ccccc2)(c2ccccc2)c2ccccc2)n1. The molecule has 318 valence electrons. The number of hydrogen-bond donors (Lipinski definition) is 2. The number of carbonyl (C=O) groups is 3. The van der Waals surface area contributed by atoms with Crippen LogP contribution in [-0.4, -0.2) is 76.1 Å². The van der Waals surface area contributed by atoms with Gasteiger partial charge in [-0.3, -0.25) is 14.5 Å². The minimum absolute atomic E-state index is 0.0974. The number of benzene rings is 5. The van der Waals surface area contributed by atoms with Crippen LogP contribution in [0.1, 0.15) is 46.0 Å². The number of hydrogen-bond acceptors (Lipinski definition) is 12. The van der Waals surface area contributed by atoms with Gasteiger partial charge in [-0.05, 0) is 34.2 Å². The molecule has 3 aliphatic rings. The van der Waals surface area contributed by atoms with Crippen molar-refractivity contribution >= 4 is 63.5 Å². The Labute approximate surface area is 377 Å². The van der Waals surface area contributed by atoms with Gasteiger partial charge in [-0.25, -0.2) is 9.78 Å². The zero-order valence-corrected chi connectivity index (χ0v) is 36.6. The van der Waals surface area contributed by atoms with Crippen LogP contribution in [0.15, 0.2) is 173 Å². The van der Waals surface area contributed by atoms with E-state index < -0.39 is 40.8 Å². The molecule has 63 heavy (non-hydrogen) atoms. The number of thiazole rings is 1. The van der Waals surface area contributed by atoms with Crippen LogP contribution in [0.25, 0.3) is 0 Å². The normalized spacial score (nSPS) is 18.7. The number of ether oxygens (including phenoxy) is 2. The van der Waals surface area contributed by atoms with E-state index >= 15 is 0 Å². The first-order valence-electron chi connectivity index (χ1n) is 20.5. The fraction of sp³-hybridized carbons (Fsp3) is 0.204.